The van der Waals surface area contributed by atoms with Gasteiger partial charge in [0.15, 0.2) is 4.90 Å². The molecule has 0 fully saturated rings. The zero-order valence-corrected chi connectivity index (χ0v) is 17.2. The Balaban J connectivity index is 1.96. The molecule has 0 saturated carbocycles. The van der Waals surface area contributed by atoms with E-state index in [4.69, 9.17) is 4.74 Å². The second kappa shape index (κ2) is 7.92. The molecule has 9 nitrogen and oxygen atoms in total. The maximum Gasteiger partial charge on any atom is 0.273 e. The number of hydrogen-bond acceptors (Lipinski definition) is 6. The van der Waals surface area contributed by atoms with E-state index in [-0.39, 0.29) is 16.5 Å². The average Bonchev–Trinajstić information content (AvgIpc) is 3.11. The number of anilines is 2. The van der Waals surface area contributed by atoms with Gasteiger partial charge >= 0.3 is 0 Å². The van der Waals surface area contributed by atoms with Crippen LogP contribution in [0.4, 0.5) is 11.4 Å². The molecule has 0 unspecified atom stereocenters. The second-order valence-electron chi connectivity index (χ2n) is 6.45. The number of carbonyl (C=O) groups is 1. The molecule has 0 saturated heterocycles. The first-order valence-electron chi connectivity index (χ1n) is 8.63. The van der Waals surface area contributed by atoms with Crippen LogP contribution in [0.2, 0.25) is 0 Å². The molecule has 2 N–H and O–H groups in total. The van der Waals surface area contributed by atoms with E-state index in [1.807, 2.05) is 32.0 Å². The summed E-state index contributed by atoms with van der Waals surface area (Å²) in [5.74, 6) is -0.523. The SMILES string of the molecule is COc1ncc(NC(=O)c2cncn2C)cc1S(=O)(=O)Nc1c(C)cccc1C. The molecular formula is C19H21N5O4S. The molecule has 0 radical (unpaired) electrons. The molecule has 0 bridgehead atoms. The van der Waals surface area contributed by atoms with E-state index in [2.05, 4.69) is 20.0 Å². The maximum absolute atomic E-state index is 13.0. The van der Waals surface area contributed by atoms with Crippen LogP contribution in [-0.2, 0) is 17.1 Å². The van der Waals surface area contributed by atoms with Crippen molar-refractivity contribution in [1.82, 2.24) is 14.5 Å². The number of amides is 1. The molecule has 3 rings (SSSR count). The molecule has 0 atom stereocenters. The maximum atomic E-state index is 13.0. The van der Waals surface area contributed by atoms with Crippen LogP contribution in [0.15, 0.2) is 47.9 Å². The van der Waals surface area contributed by atoms with E-state index in [0.717, 1.165) is 11.1 Å². The number of rotatable bonds is 6. The van der Waals surface area contributed by atoms with Crippen LogP contribution in [-0.4, -0.2) is 36.0 Å². The molecule has 10 heteroatoms. The van der Waals surface area contributed by atoms with Gasteiger partial charge in [0.25, 0.3) is 15.9 Å². The number of nitrogens with zero attached hydrogens (tertiary/aromatic N) is 3. The third-order valence-electron chi connectivity index (χ3n) is 4.33. The summed E-state index contributed by atoms with van der Waals surface area (Å²) in [6, 6.07) is 6.77. The molecule has 29 heavy (non-hydrogen) atoms. The lowest BCUT2D eigenvalue weighted by atomic mass is 10.1. The number of aromatic nitrogens is 3. The molecular weight excluding hydrogens is 394 g/mol. The number of sulfonamides is 1. The third kappa shape index (κ3) is 4.21. The van der Waals surface area contributed by atoms with Gasteiger partial charge in [0.05, 0.1) is 37.2 Å². The van der Waals surface area contributed by atoms with Crippen LogP contribution < -0.4 is 14.8 Å². The number of methoxy groups -OCH3 is 1. The molecule has 0 spiro atoms. The van der Waals surface area contributed by atoms with Gasteiger partial charge in [0, 0.05) is 7.05 Å². The fourth-order valence-corrected chi connectivity index (χ4v) is 4.13. The molecule has 152 valence electrons. The number of pyridine rings is 1. The van der Waals surface area contributed by atoms with E-state index < -0.39 is 15.9 Å². The Morgan fingerprint density at radius 3 is 2.45 bits per heavy atom. The zero-order chi connectivity index (χ0) is 21.2. The van der Waals surface area contributed by atoms with Crippen molar-refractivity contribution in [2.24, 2.45) is 7.05 Å². The Labute approximate surface area is 168 Å². The Hall–Kier alpha value is -3.40. The number of benzene rings is 1. The quantitative estimate of drug-likeness (QED) is 0.639. The van der Waals surface area contributed by atoms with Crippen LogP contribution in [0.5, 0.6) is 5.88 Å². The normalized spacial score (nSPS) is 11.2. The van der Waals surface area contributed by atoms with E-state index in [0.29, 0.717) is 11.4 Å². The monoisotopic (exact) mass is 415 g/mol. The summed E-state index contributed by atoms with van der Waals surface area (Å²) >= 11 is 0. The summed E-state index contributed by atoms with van der Waals surface area (Å²) in [6.07, 6.45) is 4.23. The number of para-hydroxylation sites is 1. The summed E-state index contributed by atoms with van der Waals surface area (Å²) in [7, 11) is -1.02. The number of hydrogen-bond donors (Lipinski definition) is 2. The number of aryl methyl sites for hydroxylation is 3. The fraction of sp³-hybridized carbons (Fsp3) is 0.211. The van der Waals surface area contributed by atoms with Crippen LogP contribution in [0.25, 0.3) is 0 Å². The molecule has 1 aromatic carbocycles. The zero-order valence-electron chi connectivity index (χ0n) is 16.4. The molecule has 0 aliphatic rings. The second-order valence-corrected chi connectivity index (χ2v) is 8.10. The molecule has 2 heterocycles. The lowest BCUT2D eigenvalue weighted by Crippen LogP contribution is -2.18. The van der Waals surface area contributed by atoms with Gasteiger partial charge in [0.2, 0.25) is 5.88 Å². The highest BCUT2D eigenvalue weighted by atomic mass is 32.2. The van der Waals surface area contributed by atoms with Crippen molar-refractivity contribution in [2.75, 3.05) is 17.1 Å². The van der Waals surface area contributed by atoms with Gasteiger partial charge in [-0.2, -0.15) is 0 Å². The lowest BCUT2D eigenvalue weighted by Gasteiger charge is -2.15. The van der Waals surface area contributed by atoms with Gasteiger partial charge < -0.3 is 14.6 Å². The molecule has 0 aliphatic carbocycles. The number of nitrogens with one attached hydrogen (secondary N) is 2. The van der Waals surface area contributed by atoms with Gasteiger partial charge in [-0.05, 0) is 31.0 Å². The van der Waals surface area contributed by atoms with E-state index in [1.165, 1.54) is 31.9 Å². The van der Waals surface area contributed by atoms with Crippen LogP contribution >= 0.6 is 0 Å². The van der Waals surface area contributed by atoms with Crippen molar-refractivity contribution in [3.8, 4) is 5.88 Å². The Kier molecular flexibility index (Phi) is 5.55. The lowest BCUT2D eigenvalue weighted by molar-refractivity contribution is 0.101. The van der Waals surface area contributed by atoms with Crippen molar-refractivity contribution in [1.29, 1.82) is 0 Å². The first-order chi connectivity index (χ1) is 13.7. The van der Waals surface area contributed by atoms with Gasteiger partial charge in [0.1, 0.15) is 5.69 Å². The predicted octanol–water partition coefficient (Wildman–Crippen LogP) is 2.49. The van der Waals surface area contributed by atoms with E-state index in [9.17, 15) is 13.2 Å². The summed E-state index contributed by atoms with van der Waals surface area (Å²) in [5.41, 5.74) is 2.57. The minimum Gasteiger partial charge on any atom is -0.480 e. The van der Waals surface area contributed by atoms with Crippen LogP contribution in [0.1, 0.15) is 21.6 Å². The predicted molar refractivity (Wildman–Crippen MR) is 109 cm³/mol. The average molecular weight is 415 g/mol. The van der Waals surface area contributed by atoms with Crippen molar-refractivity contribution in [3.63, 3.8) is 0 Å². The van der Waals surface area contributed by atoms with Gasteiger partial charge in [-0.3, -0.25) is 9.52 Å². The Morgan fingerprint density at radius 1 is 1.17 bits per heavy atom. The Bertz CT molecular complexity index is 1150. The first-order valence-corrected chi connectivity index (χ1v) is 10.1. The van der Waals surface area contributed by atoms with Crippen molar-refractivity contribution in [3.05, 3.63) is 59.8 Å². The largest absolute Gasteiger partial charge is 0.480 e. The van der Waals surface area contributed by atoms with Gasteiger partial charge in [-0.15, -0.1) is 0 Å². The van der Waals surface area contributed by atoms with Crippen LogP contribution in [0.3, 0.4) is 0 Å². The van der Waals surface area contributed by atoms with Crippen LogP contribution in [0, 0.1) is 13.8 Å². The number of carbonyl (C=O) groups excluding carboxylic acids is 1. The molecule has 1 amide bonds. The summed E-state index contributed by atoms with van der Waals surface area (Å²) < 4.78 is 35.4. The number of imidazole rings is 1. The molecule has 3 aromatic rings. The smallest absolute Gasteiger partial charge is 0.273 e. The summed E-state index contributed by atoms with van der Waals surface area (Å²) in [5, 5.41) is 2.63. The standard InChI is InChI=1S/C19H21N5O4S/c1-12-6-5-7-13(2)17(12)23-29(26,27)16-8-14(9-21-19(16)28-4)22-18(25)15-10-20-11-24(15)3/h5-11,23H,1-4H3,(H,22,25). The van der Waals surface area contributed by atoms with Crippen molar-refractivity contribution in [2.45, 2.75) is 18.7 Å². The fourth-order valence-electron chi connectivity index (χ4n) is 2.78. The Morgan fingerprint density at radius 2 is 1.86 bits per heavy atom. The van der Waals surface area contributed by atoms with E-state index in [1.54, 1.807) is 11.6 Å². The van der Waals surface area contributed by atoms with E-state index >= 15 is 0 Å². The highest BCUT2D eigenvalue weighted by Crippen LogP contribution is 2.29. The molecule has 2 aromatic heterocycles. The van der Waals surface area contributed by atoms with Gasteiger partial charge in [-0.25, -0.2) is 18.4 Å². The van der Waals surface area contributed by atoms with Crippen molar-refractivity contribution < 1.29 is 17.9 Å². The number of ether oxygens (including phenoxy) is 1. The highest BCUT2D eigenvalue weighted by Gasteiger charge is 2.24. The van der Waals surface area contributed by atoms with Crippen molar-refractivity contribution >= 4 is 27.3 Å². The third-order valence-corrected chi connectivity index (χ3v) is 5.67. The van der Waals surface area contributed by atoms with Gasteiger partial charge in [-0.1, -0.05) is 18.2 Å². The summed E-state index contributed by atoms with van der Waals surface area (Å²) in [4.78, 5) is 20.1. The highest BCUT2D eigenvalue weighted by molar-refractivity contribution is 7.92. The first kappa shape index (κ1) is 20.3. The summed E-state index contributed by atoms with van der Waals surface area (Å²) in [6.45, 7) is 3.62. The topological polar surface area (TPSA) is 115 Å². The minimum atomic E-state index is -4.03. The minimum absolute atomic E-state index is 0.0812. The molecule has 0 aliphatic heterocycles.